The molecule has 2 amide bonds. The van der Waals surface area contributed by atoms with Crippen molar-refractivity contribution < 1.29 is 23.5 Å². The highest BCUT2D eigenvalue weighted by Crippen LogP contribution is 2.43. The van der Waals surface area contributed by atoms with E-state index in [-0.39, 0.29) is 18.5 Å². The number of rotatable bonds is 6. The summed E-state index contributed by atoms with van der Waals surface area (Å²) >= 11 is 6.07. The minimum atomic E-state index is -0.947. The highest BCUT2D eigenvalue weighted by atomic mass is 35.5. The van der Waals surface area contributed by atoms with Gasteiger partial charge in [0.15, 0.2) is 0 Å². The second-order valence-electron chi connectivity index (χ2n) is 8.80. The Hall–Kier alpha value is -3.71. The van der Waals surface area contributed by atoms with Crippen LogP contribution in [0.4, 0.5) is 4.39 Å². The summed E-state index contributed by atoms with van der Waals surface area (Å²) in [6.45, 7) is 2.24. The summed E-state index contributed by atoms with van der Waals surface area (Å²) in [5, 5.41) is 3.39. The lowest BCUT2D eigenvalue weighted by molar-refractivity contribution is -0.146. The van der Waals surface area contributed by atoms with E-state index < -0.39 is 41.6 Å². The maximum absolute atomic E-state index is 13.7. The van der Waals surface area contributed by atoms with Crippen molar-refractivity contribution in [1.29, 1.82) is 0 Å². The molecular weight excluding hydrogens is 483 g/mol. The molecule has 1 aliphatic heterocycles. The minimum Gasteiger partial charge on any atom is -0.469 e. The van der Waals surface area contributed by atoms with E-state index in [1.165, 1.54) is 36.3 Å². The largest absolute Gasteiger partial charge is 0.469 e. The van der Waals surface area contributed by atoms with Crippen LogP contribution >= 0.6 is 11.6 Å². The van der Waals surface area contributed by atoms with E-state index in [2.05, 4.69) is 5.32 Å². The van der Waals surface area contributed by atoms with Gasteiger partial charge < -0.3 is 15.0 Å². The van der Waals surface area contributed by atoms with Crippen molar-refractivity contribution in [2.24, 2.45) is 5.92 Å². The Morgan fingerprint density at radius 2 is 1.64 bits per heavy atom. The molecule has 3 atom stereocenters. The Labute approximate surface area is 214 Å². The number of benzene rings is 3. The van der Waals surface area contributed by atoms with Crippen molar-refractivity contribution in [3.05, 3.63) is 106 Å². The van der Waals surface area contributed by atoms with Gasteiger partial charge in [-0.2, -0.15) is 0 Å². The average molecular weight is 509 g/mol. The molecule has 6 nitrogen and oxygen atoms in total. The van der Waals surface area contributed by atoms with Gasteiger partial charge in [0, 0.05) is 17.1 Å². The lowest BCUT2D eigenvalue weighted by atomic mass is 9.93. The highest BCUT2D eigenvalue weighted by Gasteiger charge is 2.51. The van der Waals surface area contributed by atoms with Crippen molar-refractivity contribution in [3.63, 3.8) is 0 Å². The van der Waals surface area contributed by atoms with Crippen molar-refractivity contribution in [2.75, 3.05) is 7.11 Å². The van der Waals surface area contributed by atoms with Gasteiger partial charge in [-0.05, 0) is 60.9 Å². The number of nitrogens with zero attached hydrogens (tertiary/aromatic N) is 1. The van der Waals surface area contributed by atoms with Crippen LogP contribution in [0.25, 0.3) is 0 Å². The van der Waals surface area contributed by atoms with E-state index in [1.807, 2.05) is 31.2 Å². The first-order valence-electron chi connectivity index (χ1n) is 11.5. The molecule has 1 aliphatic rings. The number of hydrogen-bond donors (Lipinski definition) is 1. The lowest BCUT2D eigenvalue weighted by Crippen LogP contribution is -2.46. The van der Waals surface area contributed by atoms with Crippen LogP contribution in [0.2, 0.25) is 5.02 Å². The Bertz CT molecular complexity index is 1250. The molecule has 0 spiro atoms. The molecule has 36 heavy (non-hydrogen) atoms. The molecule has 4 rings (SSSR count). The van der Waals surface area contributed by atoms with Gasteiger partial charge in [0.2, 0.25) is 5.91 Å². The molecule has 1 fully saturated rings. The number of aryl methyl sites for hydroxylation is 1. The van der Waals surface area contributed by atoms with E-state index >= 15 is 0 Å². The molecule has 8 heteroatoms. The van der Waals surface area contributed by atoms with Crippen LogP contribution in [-0.2, 0) is 20.9 Å². The maximum Gasteiger partial charge on any atom is 0.311 e. The summed E-state index contributed by atoms with van der Waals surface area (Å²) in [6, 6.07) is 17.9. The van der Waals surface area contributed by atoms with Crippen molar-refractivity contribution in [3.8, 4) is 0 Å². The van der Waals surface area contributed by atoms with Crippen molar-refractivity contribution in [2.45, 2.75) is 32.0 Å². The molecule has 1 N–H and O–H groups in total. The van der Waals surface area contributed by atoms with Crippen LogP contribution in [0.3, 0.4) is 0 Å². The number of carbonyl (C=O) groups is 3. The summed E-state index contributed by atoms with van der Waals surface area (Å²) in [4.78, 5) is 41.4. The minimum absolute atomic E-state index is 0.0760. The predicted octanol–water partition coefficient (Wildman–Crippen LogP) is 4.85. The van der Waals surface area contributed by atoms with Crippen LogP contribution < -0.4 is 5.32 Å². The van der Waals surface area contributed by atoms with Gasteiger partial charge in [-0.1, -0.05) is 53.6 Å². The third-order valence-corrected chi connectivity index (χ3v) is 6.68. The molecule has 0 bridgehead atoms. The molecule has 0 radical (unpaired) electrons. The van der Waals surface area contributed by atoms with Crippen LogP contribution in [0.5, 0.6) is 0 Å². The number of halogens is 2. The molecular formula is C28H26ClFN2O4. The zero-order chi connectivity index (χ0) is 25.8. The Balaban J connectivity index is 1.71. The summed E-state index contributed by atoms with van der Waals surface area (Å²) in [7, 11) is 1.28. The standard InChI is InChI=1S/C28H26ClFN2O4/c1-17-3-5-18(6-4-17)16-31-26(33)24-15-23(28(35)36-2)25(19-7-11-21(29)12-8-19)32(24)27(34)20-9-13-22(30)14-10-20/h3-14,23-25H,15-16H2,1-2H3,(H,31,33). The van der Waals surface area contributed by atoms with E-state index in [0.717, 1.165) is 11.1 Å². The maximum atomic E-state index is 13.7. The van der Waals surface area contributed by atoms with Crippen LogP contribution in [0.1, 0.15) is 39.5 Å². The van der Waals surface area contributed by atoms with Gasteiger partial charge >= 0.3 is 5.97 Å². The molecule has 3 aromatic rings. The van der Waals surface area contributed by atoms with Crippen molar-refractivity contribution >= 4 is 29.4 Å². The fourth-order valence-electron chi connectivity index (χ4n) is 4.56. The zero-order valence-electron chi connectivity index (χ0n) is 19.9. The topological polar surface area (TPSA) is 75.7 Å². The molecule has 186 valence electrons. The molecule has 0 saturated carbocycles. The van der Waals surface area contributed by atoms with E-state index in [9.17, 15) is 18.8 Å². The van der Waals surface area contributed by atoms with E-state index in [4.69, 9.17) is 16.3 Å². The van der Waals surface area contributed by atoms with E-state index in [0.29, 0.717) is 10.6 Å². The second kappa shape index (κ2) is 10.9. The average Bonchev–Trinajstić information content (AvgIpc) is 3.29. The molecule has 0 aromatic heterocycles. The van der Waals surface area contributed by atoms with Gasteiger partial charge in [0.25, 0.3) is 5.91 Å². The molecule has 0 aliphatic carbocycles. The van der Waals surface area contributed by atoms with Crippen LogP contribution in [0, 0.1) is 18.7 Å². The molecule has 1 heterocycles. The van der Waals surface area contributed by atoms with Crippen molar-refractivity contribution in [1.82, 2.24) is 10.2 Å². The van der Waals surface area contributed by atoms with E-state index in [1.54, 1.807) is 24.3 Å². The molecule has 3 unspecified atom stereocenters. The zero-order valence-corrected chi connectivity index (χ0v) is 20.7. The number of esters is 1. The van der Waals surface area contributed by atoms with Gasteiger partial charge in [0.05, 0.1) is 19.1 Å². The second-order valence-corrected chi connectivity index (χ2v) is 9.24. The number of amides is 2. The normalized spacial score (nSPS) is 19.1. The summed E-state index contributed by atoms with van der Waals surface area (Å²) in [6.07, 6.45) is 0.0760. The summed E-state index contributed by atoms with van der Waals surface area (Å²) in [5.74, 6) is -2.67. The Morgan fingerprint density at radius 1 is 1.00 bits per heavy atom. The third-order valence-electron chi connectivity index (χ3n) is 6.42. The number of ether oxygens (including phenoxy) is 1. The van der Waals surface area contributed by atoms with Crippen LogP contribution in [0.15, 0.2) is 72.8 Å². The highest BCUT2D eigenvalue weighted by molar-refractivity contribution is 6.30. The quantitative estimate of drug-likeness (QED) is 0.483. The fraction of sp³-hybridized carbons (Fsp3) is 0.250. The Morgan fingerprint density at radius 3 is 2.25 bits per heavy atom. The lowest BCUT2D eigenvalue weighted by Gasteiger charge is -2.31. The fourth-order valence-corrected chi connectivity index (χ4v) is 4.68. The number of hydrogen-bond acceptors (Lipinski definition) is 4. The van der Waals surface area contributed by atoms with Crippen LogP contribution in [-0.4, -0.2) is 35.8 Å². The predicted molar refractivity (Wildman–Crippen MR) is 134 cm³/mol. The number of carbonyl (C=O) groups excluding carboxylic acids is 3. The van der Waals surface area contributed by atoms with Gasteiger partial charge in [-0.3, -0.25) is 14.4 Å². The third kappa shape index (κ3) is 5.41. The van der Waals surface area contributed by atoms with Gasteiger partial charge in [-0.25, -0.2) is 4.39 Å². The van der Waals surface area contributed by atoms with Gasteiger partial charge in [0.1, 0.15) is 11.9 Å². The monoisotopic (exact) mass is 508 g/mol. The first-order chi connectivity index (χ1) is 17.3. The first-order valence-corrected chi connectivity index (χ1v) is 11.9. The molecule has 1 saturated heterocycles. The number of likely N-dealkylation sites (tertiary alicyclic amines) is 1. The smallest absolute Gasteiger partial charge is 0.311 e. The summed E-state index contributed by atoms with van der Waals surface area (Å²) in [5.41, 5.74) is 2.85. The molecule has 3 aromatic carbocycles. The first kappa shape index (κ1) is 25.4. The Kier molecular flexibility index (Phi) is 7.70. The summed E-state index contributed by atoms with van der Waals surface area (Å²) < 4.78 is 18.6. The van der Waals surface area contributed by atoms with Gasteiger partial charge in [-0.15, -0.1) is 0 Å². The number of nitrogens with one attached hydrogen (secondary N) is 1. The number of methoxy groups -OCH3 is 1. The SMILES string of the molecule is COC(=O)C1CC(C(=O)NCc2ccc(C)cc2)N(C(=O)c2ccc(F)cc2)C1c1ccc(Cl)cc1.